The molecule has 14 heteroatoms. The number of sulfonamides is 1. The van der Waals surface area contributed by atoms with Crippen molar-refractivity contribution in [2.24, 2.45) is 0 Å². The average molecular weight is 577 g/mol. The number of ether oxygens (including phenoxy) is 2. The van der Waals surface area contributed by atoms with Gasteiger partial charge in [-0.05, 0) is 53.4 Å². The normalized spacial score (nSPS) is 13.6. The van der Waals surface area contributed by atoms with Gasteiger partial charge in [0, 0.05) is 12.6 Å². The van der Waals surface area contributed by atoms with Gasteiger partial charge in [0.05, 0.1) is 18.0 Å². The van der Waals surface area contributed by atoms with Gasteiger partial charge in [0.2, 0.25) is 10.0 Å². The number of para-hydroxylation sites is 1. The van der Waals surface area contributed by atoms with Crippen molar-refractivity contribution in [2.75, 3.05) is 17.5 Å². The number of hydrogen-bond acceptors (Lipinski definition) is 7. The number of aliphatic hydroxyl groups is 1. The van der Waals surface area contributed by atoms with Crippen LogP contribution in [0, 0.1) is 0 Å². The summed E-state index contributed by atoms with van der Waals surface area (Å²) in [7, 11) is -3.72. The van der Waals surface area contributed by atoms with Crippen molar-refractivity contribution in [1.82, 2.24) is 5.32 Å². The number of phenols is 1. The van der Waals surface area contributed by atoms with Gasteiger partial charge in [-0.3, -0.25) is 4.72 Å². The van der Waals surface area contributed by atoms with Crippen LogP contribution in [-0.4, -0.2) is 44.4 Å². The quantitative estimate of drug-likeness (QED) is 0.180. The zero-order valence-electron chi connectivity index (χ0n) is 20.3. The van der Waals surface area contributed by atoms with E-state index in [-0.39, 0.29) is 41.3 Å². The van der Waals surface area contributed by atoms with Crippen LogP contribution in [-0.2, 0) is 16.4 Å². The minimum absolute atomic E-state index is 0.0511. The van der Waals surface area contributed by atoms with Gasteiger partial charge in [-0.2, -0.15) is 8.78 Å². The third-order valence-corrected chi connectivity index (χ3v) is 5.98. The number of hydrogen-bond donors (Lipinski definition) is 4. The van der Waals surface area contributed by atoms with Crippen molar-refractivity contribution in [3.8, 4) is 17.2 Å². The Morgan fingerprint density at radius 3 is 2.23 bits per heavy atom. The molecule has 3 aromatic rings. The lowest BCUT2D eigenvalue weighted by Crippen LogP contribution is -2.28. The van der Waals surface area contributed by atoms with E-state index in [0.29, 0.717) is 5.56 Å². The minimum atomic E-state index is -4.93. The first-order valence-electron chi connectivity index (χ1n) is 11.3. The fourth-order valence-corrected chi connectivity index (χ4v) is 4.28. The van der Waals surface area contributed by atoms with Crippen molar-refractivity contribution in [2.45, 2.75) is 31.5 Å². The summed E-state index contributed by atoms with van der Waals surface area (Å²) in [6.07, 6.45) is -5.33. The van der Waals surface area contributed by atoms with E-state index in [0.717, 1.165) is 12.3 Å². The summed E-state index contributed by atoms with van der Waals surface area (Å²) in [4.78, 5) is 0. The van der Waals surface area contributed by atoms with Crippen molar-refractivity contribution in [3.05, 3.63) is 83.4 Å². The fourth-order valence-electron chi connectivity index (χ4n) is 3.72. The molecule has 0 heterocycles. The van der Waals surface area contributed by atoms with Crippen LogP contribution in [0.1, 0.15) is 28.8 Å². The Kier molecular flexibility index (Phi) is 9.59. The van der Waals surface area contributed by atoms with E-state index in [2.05, 4.69) is 19.5 Å². The molecule has 212 valence electrons. The molecular weight excluding hydrogens is 551 g/mol. The molecule has 8 nitrogen and oxygen atoms in total. The third kappa shape index (κ3) is 9.57. The predicted octanol–water partition coefficient (Wildman–Crippen LogP) is 4.87. The number of anilines is 1. The smallest absolute Gasteiger partial charge is 0.506 e. The van der Waals surface area contributed by atoms with Gasteiger partial charge in [-0.25, -0.2) is 8.42 Å². The molecule has 0 aromatic heterocycles. The Labute approximate surface area is 221 Å². The Bertz CT molecular complexity index is 1350. The monoisotopic (exact) mass is 576 g/mol. The molecule has 0 aliphatic carbocycles. The second kappa shape index (κ2) is 12.5. The fraction of sp³-hybridized carbons (Fsp3) is 0.280. The standard InChI is InChI=1S/C25H25F5N2O6S/c1-39(35,36)32-20-12-16(8-11-21(20)33)22(34)14-31-19(15-6-9-18(10-7-15)37-24(26)27)13-17-4-2-3-5-23(17)38-25(28,29)30/h2-12,19,22,24,31-34H,13-14H2,1H3/t19?,22-/m0/s1. The predicted molar refractivity (Wildman–Crippen MR) is 132 cm³/mol. The molecule has 0 amide bonds. The Morgan fingerprint density at radius 2 is 1.62 bits per heavy atom. The minimum Gasteiger partial charge on any atom is -0.506 e. The molecule has 0 saturated heterocycles. The van der Waals surface area contributed by atoms with Crippen LogP contribution >= 0.6 is 0 Å². The van der Waals surface area contributed by atoms with Gasteiger partial charge in [0.25, 0.3) is 0 Å². The van der Waals surface area contributed by atoms with E-state index in [1.807, 2.05) is 0 Å². The number of halogens is 5. The highest BCUT2D eigenvalue weighted by molar-refractivity contribution is 7.92. The Balaban J connectivity index is 1.86. The molecule has 1 unspecified atom stereocenters. The van der Waals surface area contributed by atoms with E-state index in [4.69, 9.17) is 0 Å². The summed E-state index contributed by atoms with van der Waals surface area (Å²) in [5.74, 6) is -0.914. The molecule has 0 spiro atoms. The van der Waals surface area contributed by atoms with Gasteiger partial charge in [0.15, 0.2) is 0 Å². The number of aromatic hydroxyl groups is 1. The summed E-state index contributed by atoms with van der Waals surface area (Å²) < 4.78 is 97.6. The summed E-state index contributed by atoms with van der Waals surface area (Å²) in [5.41, 5.74) is 0.736. The van der Waals surface area contributed by atoms with Crippen molar-refractivity contribution in [1.29, 1.82) is 0 Å². The van der Waals surface area contributed by atoms with Crippen molar-refractivity contribution >= 4 is 15.7 Å². The van der Waals surface area contributed by atoms with Crippen LogP contribution in [0.5, 0.6) is 17.2 Å². The molecule has 2 atom stereocenters. The lowest BCUT2D eigenvalue weighted by molar-refractivity contribution is -0.274. The zero-order valence-corrected chi connectivity index (χ0v) is 21.1. The SMILES string of the molecule is CS(=O)(=O)Nc1cc([C@@H](O)CNC(Cc2ccccc2OC(F)(F)F)c2ccc(OC(F)F)cc2)ccc1O. The lowest BCUT2D eigenvalue weighted by atomic mass is 9.97. The third-order valence-electron chi connectivity index (χ3n) is 5.39. The average Bonchev–Trinajstić information content (AvgIpc) is 2.82. The molecule has 3 rings (SSSR count). The summed E-state index contributed by atoms with van der Waals surface area (Å²) in [6.45, 7) is -3.20. The highest BCUT2D eigenvalue weighted by Crippen LogP contribution is 2.32. The molecule has 4 N–H and O–H groups in total. The van der Waals surface area contributed by atoms with Crippen LogP contribution < -0.4 is 19.5 Å². The highest BCUT2D eigenvalue weighted by Gasteiger charge is 2.32. The number of rotatable bonds is 12. The maximum atomic E-state index is 12.9. The molecule has 39 heavy (non-hydrogen) atoms. The molecule has 0 fully saturated rings. The van der Waals surface area contributed by atoms with Crippen molar-refractivity contribution < 1.29 is 50.1 Å². The lowest BCUT2D eigenvalue weighted by Gasteiger charge is -2.23. The summed E-state index contributed by atoms with van der Waals surface area (Å²) in [5, 5.41) is 23.7. The number of alkyl halides is 5. The molecule has 3 aromatic carbocycles. The second-order valence-electron chi connectivity index (χ2n) is 8.43. The van der Waals surface area contributed by atoms with Gasteiger partial charge < -0.3 is 25.0 Å². The maximum Gasteiger partial charge on any atom is 0.573 e. The Morgan fingerprint density at radius 1 is 0.974 bits per heavy atom. The van der Waals surface area contributed by atoms with E-state index in [1.165, 1.54) is 60.7 Å². The van der Waals surface area contributed by atoms with E-state index in [1.54, 1.807) is 0 Å². The summed E-state index contributed by atoms with van der Waals surface area (Å²) in [6, 6.07) is 14.0. The van der Waals surface area contributed by atoms with E-state index >= 15 is 0 Å². The van der Waals surface area contributed by atoms with Crippen LogP contribution in [0.25, 0.3) is 0 Å². The first-order chi connectivity index (χ1) is 18.2. The van der Waals surface area contributed by atoms with Crippen molar-refractivity contribution in [3.63, 3.8) is 0 Å². The number of nitrogens with one attached hydrogen (secondary N) is 2. The number of benzene rings is 3. The zero-order chi connectivity index (χ0) is 28.8. The van der Waals surface area contributed by atoms with Crippen LogP contribution in [0.2, 0.25) is 0 Å². The second-order valence-corrected chi connectivity index (χ2v) is 10.2. The van der Waals surface area contributed by atoms with Crippen LogP contribution in [0.4, 0.5) is 27.6 Å². The van der Waals surface area contributed by atoms with E-state index < -0.39 is 40.9 Å². The van der Waals surface area contributed by atoms with Gasteiger partial charge in [-0.1, -0.05) is 36.4 Å². The molecule has 0 aliphatic heterocycles. The Hall–Kier alpha value is -3.62. The van der Waals surface area contributed by atoms with Gasteiger partial charge in [-0.15, -0.1) is 13.2 Å². The van der Waals surface area contributed by atoms with Gasteiger partial charge in [0.1, 0.15) is 17.2 Å². The van der Waals surface area contributed by atoms with Gasteiger partial charge >= 0.3 is 13.0 Å². The molecule has 0 aliphatic rings. The molecular formula is C25H25F5N2O6S. The highest BCUT2D eigenvalue weighted by atomic mass is 32.2. The topological polar surface area (TPSA) is 117 Å². The number of aliphatic hydroxyl groups excluding tert-OH is 1. The molecule has 0 saturated carbocycles. The number of phenolic OH excluding ortho intramolecular Hbond substituents is 1. The largest absolute Gasteiger partial charge is 0.573 e. The molecule has 0 radical (unpaired) electrons. The van der Waals surface area contributed by atoms with Crippen LogP contribution in [0.15, 0.2) is 66.7 Å². The first kappa shape index (κ1) is 29.9. The molecule has 0 bridgehead atoms. The summed E-state index contributed by atoms with van der Waals surface area (Å²) >= 11 is 0. The van der Waals surface area contributed by atoms with Crippen LogP contribution in [0.3, 0.4) is 0 Å². The van der Waals surface area contributed by atoms with E-state index in [9.17, 15) is 40.6 Å². The maximum absolute atomic E-state index is 12.9. The first-order valence-corrected chi connectivity index (χ1v) is 13.2.